The van der Waals surface area contributed by atoms with Crippen molar-refractivity contribution in [1.82, 2.24) is 14.8 Å². The molecular weight excluding hydrogens is 338 g/mol. The monoisotopic (exact) mass is 355 g/mol. The zero-order valence-corrected chi connectivity index (χ0v) is 15.0. The number of hydrogen-bond acceptors (Lipinski definition) is 2. The fourth-order valence-electron chi connectivity index (χ4n) is 3.57. The summed E-state index contributed by atoms with van der Waals surface area (Å²) < 4.78 is 2.71. The van der Waals surface area contributed by atoms with Gasteiger partial charge in [0.15, 0.2) is 4.77 Å². The van der Waals surface area contributed by atoms with E-state index in [0.29, 0.717) is 4.77 Å². The van der Waals surface area contributed by atoms with E-state index in [-0.39, 0.29) is 5.41 Å². The van der Waals surface area contributed by atoms with Gasteiger partial charge in [0.05, 0.1) is 5.41 Å². The van der Waals surface area contributed by atoms with Crippen molar-refractivity contribution in [2.24, 2.45) is 0 Å². The molecule has 0 bridgehead atoms. The fraction of sp³-hybridized carbons (Fsp3) is 0.263. The SMILES string of the molecule is Cc1cccc(-n2c(C3(c4ccc(Cl)cc4)CCC3)n[nH]c2=S)c1. The van der Waals surface area contributed by atoms with Crippen molar-refractivity contribution in [3.63, 3.8) is 0 Å². The zero-order valence-electron chi connectivity index (χ0n) is 13.4. The summed E-state index contributed by atoms with van der Waals surface area (Å²) in [5.74, 6) is 0.992. The minimum absolute atomic E-state index is 0.0953. The number of aromatic nitrogens is 3. The average molecular weight is 356 g/mol. The number of rotatable bonds is 3. The molecule has 4 rings (SSSR count). The lowest BCUT2D eigenvalue weighted by molar-refractivity contribution is 0.281. The van der Waals surface area contributed by atoms with Crippen molar-refractivity contribution < 1.29 is 0 Å². The molecule has 3 nitrogen and oxygen atoms in total. The van der Waals surface area contributed by atoms with E-state index in [4.69, 9.17) is 23.8 Å². The van der Waals surface area contributed by atoms with Crippen LogP contribution in [0.5, 0.6) is 0 Å². The van der Waals surface area contributed by atoms with Gasteiger partial charge in [0.2, 0.25) is 0 Å². The molecule has 122 valence electrons. The van der Waals surface area contributed by atoms with Crippen molar-refractivity contribution in [3.8, 4) is 5.69 Å². The molecule has 24 heavy (non-hydrogen) atoms. The standard InChI is InChI=1S/C19H18ClN3S/c1-13-4-2-5-16(12-13)23-17(21-22-18(23)24)19(10-3-11-19)14-6-8-15(20)9-7-14/h2,4-9,12H,3,10-11H2,1H3,(H,22,24). The summed E-state index contributed by atoms with van der Waals surface area (Å²) in [5, 5.41) is 8.38. The molecule has 0 spiro atoms. The van der Waals surface area contributed by atoms with Gasteiger partial charge in [0, 0.05) is 10.7 Å². The third kappa shape index (κ3) is 2.41. The summed E-state index contributed by atoms with van der Waals surface area (Å²) in [4.78, 5) is 0. The van der Waals surface area contributed by atoms with Crippen LogP contribution in [0.3, 0.4) is 0 Å². The minimum atomic E-state index is -0.0953. The minimum Gasteiger partial charge on any atom is -0.271 e. The van der Waals surface area contributed by atoms with E-state index in [0.717, 1.165) is 29.4 Å². The molecule has 0 unspecified atom stereocenters. The predicted molar refractivity (Wildman–Crippen MR) is 99.6 cm³/mol. The quantitative estimate of drug-likeness (QED) is 0.641. The van der Waals surface area contributed by atoms with Crippen LogP contribution in [0.4, 0.5) is 0 Å². The molecule has 1 N–H and O–H groups in total. The highest BCUT2D eigenvalue weighted by molar-refractivity contribution is 7.71. The molecule has 5 heteroatoms. The van der Waals surface area contributed by atoms with Crippen molar-refractivity contribution in [2.75, 3.05) is 0 Å². The van der Waals surface area contributed by atoms with Crippen LogP contribution in [-0.4, -0.2) is 14.8 Å². The van der Waals surface area contributed by atoms with Gasteiger partial charge in [-0.25, -0.2) is 0 Å². The Kier molecular flexibility index (Phi) is 3.82. The largest absolute Gasteiger partial charge is 0.271 e. The van der Waals surface area contributed by atoms with Crippen LogP contribution in [-0.2, 0) is 5.41 Å². The highest BCUT2D eigenvalue weighted by Gasteiger charge is 2.44. The van der Waals surface area contributed by atoms with Gasteiger partial charge < -0.3 is 0 Å². The third-order valence-electron chi connectivity index (χ3n) is 4.96. The smallest absolute Gasteiger partial charge is 0.199 e. The summed E-state index contributed by atoms with van der Waals surface area (Å²) in [6.07, 6.45) is 3.33. The lowest BCUT2D eigenvalue weighted by Crippen LogP contribution is -2.38. The second-order valence-electron chi connectivity index (χ2n) is 6.47. The van der Waals surface area contributed by atoms with Gasteiger partial charge in [0.25, 0.3) is 0 Å². The molecule has 0 aliphatic heterocycles. The summed E-state index contributed by atoms with van der Waals surface area (Å²) in [6, 6.07) is 16.5. The molecule has 0 amide bonds. The van der Waals surface area contributed by atoms with Crippen LogP contribution in [0.25, 0.3) is 5.69 Å². The first kappa shape index (κ1) is 15.6. The van der Waals surface area contributed by atoms with Gasteiger partial charge in [-0.15, -0.1) is 0 Å². The summed E-state index contributed by atoms with van der Waals surface area (Å²) in [7, 11) is 0. The number of nitrogens with one attached hydrogen (secondary N) is 1. The number of benzene rings is 2. The van der Waals surface area contributed by atoms with Gasteiger partial charge in [-0.2, -0.15) is 5.10 Å². The lowest BCUT2D eigenvalue weighted by Gasteiger charge is -2.41. The van der Waals surface area contributed by atoms with Crippen LogP contribution < -0.4 is 0 Å². The number of hydrogen-bond donors (Lipinski definition) is 1. The normalized spacial score (nSPS) is 15.9. The Morgan fingerprint density at radius 2 is 1.92 bits per heavy atom. The molecule has 1 heterocycles. The van der Waals surface area contributed by atoms with Gasteiger partial charge in [-0.05, 0) is 67.4 Å². The molecule has 0 radical (unpaired) electrons. The molecule has 1 fully saturated rings. The van der Waals surface area contributed by atoms with E-state index in [2.05, 4.69) is 58.1 Å². The van der Waals surface area contributed by atoms with Crippen LogP contribution >= 0.6 is 23.8 Å². The first-order chi connectivity index (χ1) is 11.6. The number of aryl methyl sites for hydroxylation is 1. The maximum absolute atomic E-state index is 6.07. The molecule has 0 saturated heterocycles. The Hall–Kier alpha value is -1.91. The second-order valence-corrected chi connectivity index (χ2v) is 7.29. The molecule has 1 aromatic heterocycles. The van der Waals surface area contributed by atoms with E-state index < -0.39 is 0 Å². The van der Waals surface area contributed by atoms with Crippen LogP contribution in [0.1, 0.15) is 36.2 Å². The van der Waals surface area contributed by atoms with Crippen LogP contribution in [0.2, 0.25) is 5.02 Å². The number of nitrogens with zero attached hydrogens (tertiary/aromatic N) is 2. The Labute approximate surface area is 151 Å². The number of aromatic amines is 1. The van der Waals surface area contributed by atoms with Crippen molar-refractivity contribution in [2.45, 2.75) is 31.6 Å². The van der Waals surface area contributed by atoms with Crippen LogP contribution in [0.15, 0.2) is 48.5 Å². The summed E-state index contributed by atoms with van der Waals surface area (Å²) in [6.45, 7) is 2.09. The van der Waals surface area contributed by atoms with E-state index >= 15 is 0 Å². The highest BCUT2D eigenvalue weighted by Crippen LogP contribution is 2.48. The third-order valence-corrected chi connectivity index (χ3v) is 5.49. The van der Waals surface area contributed by atoms with Gasteiger partial charge >= 0.3 is 0 Å². The van der Waals surface area contributed by atoms with Gasteiger partial charge in [-0.3, -0.25) is 9.67 Å². The fourth-order valence-corrected chi connectivity index (χ4v) is 3.93. The predicted octanol–water partition coefficient (Wildman–Crippen LogP) is 5.36. The molecule has 1 saturated carbocycles. The second kappa shape index (κ2) is 5.87. The van der Waals surface area contributed by atoms with Gasteiger partial charge in [-0.1, -0.05) is 42.3 Å². The van der Waals surface area contributed by atoms with Crippen molar-refractivity contribution in [3.05, 3.63) is 75.3 Å². The highest BCUT2D eigenvalue weighted by atomic mass is 35.5. The molecular formula is C19H18ClN3S. The number of halogens is 1. The molecule has 1 aliphatic rings. The Bertz CT molecular complexity index is 936. The average Bonchev–Trinajstić information content (AvgIpc) is 2.90. The first-order valence-corrected chi connectivity index (χ1v) is 8.90. The van der Waals surface area contributed by atoms with Crippen molar-refractivity contribution >= 4 is 23.8 Å². The van der Waals surface area contributed by atoms with E-state index in [1.807, 2.05) is 12.1 Å². The zero-order chi connectivity index (χ0) is 16.7. The molecule has 3 aromatic rings. The molecule has 2 aromatic carbocycles. The summed E-state index contributed by atoms with van der Waals surface area (Å²) >= 11 is 11.6. The Morgan fingerprint density at radius 1 is 1.17 bits per heavy atom. The van der Waals surface area contributed by atoms with Gasteiger partial charge in [0.1, 0.15) is 5.82 Å². The van der Waals surface area contributed by atoms with Crippen molar-refractivity contribution in [1.29, 1.82) is 0 Å². The maximum Gasteiger partial charge on any atom is 0.199 e. The lowest BCUT2D eigenvalue weighted by atomic mass is 9.64. The van der Waals surface area contributed by atoms with Crippen LogP contribution in [0, 0.1) is 11.7 Å². The molecule has 1 aliphatic carbocycles. The Balaban J connectivity index is 1.90. The summed E-state index contributed by atoms with van der Waals surface area (Å²) in [5.41, 5.74) is 3.42. The number of H-pyrrole nitrogens is 1. The topological polar surface area (TPSA) is 33.6 Å². The van der Waals surface area contributed by atoms with E-state index in [9.17, 15) is 0 Å². The molecule has 0 atom stereocenters. The Morgan fingerprint density at radius 3 is 2.54 bits per heavy atom. The maximum atomic E-state index is 6.07. The first-order valence-electron chi connectivity index (χ1n) is 8.11. The van der Waals surface area contributed by atoms with E-state index in [1.54, 1.807) is 0 Å². The van der Waals surface area contributed by atoms with E-state index in [1.165, 1.54) is 17.5 Å².